The lowest BCUT2D eigenvalue weighted by atomic mass is 9.81. The summed E-state index contributed by atoms with van der Waals surface area (Å²) in [5, 5.41) is 49.8. The fourth-order valence-electron chi connectivity index (χ4n) is 3.77. The zero-order valence-corrected chi connectivity index (χ0v) is 13.6. The second kappa shape index (κ2) is 4.86. The highest BCUT2D eigenvalue weighted by atomic mass is 16.6. The van der Waals surface area contributed by atoms with Gasteiger partial charge in [-0.3, -0.25) is 0 Å². The Morgan fingerprint density at radius 1 is 0.960 bits per heavy atom. The lowest BCUT2D eigenvalue weighted by Crippen LogP contribution is -2.44. The van der Waals surface area contributed by atoms with Crippen molar-refractivity contribution in [1.82, 2.24) is 0 Å². The van der Waals surface area contributed by atoms with Crippen LogP contribution < -0.4 is 4.74 Å². The van der Waals surface area contributed by atoms with Gasteiger partial charge in [-0.15, -0.1) is 0 Å². The first-order valence-electron chi connectivity index (χ1n) is 7.86. The third-order valence-electron chi connectivity index (χ3n) is 4.81. The maximum absolute atomic E-state index is 10.3. The maximum atomic E-state index is 10.3. The van der Waals surface area contributed by atoms with E-state index in [0.29, 0.717) is 28.9 Å². The van der Waals surface area contributed by atoms with Gasteiger partial charge in [0.05, 0.1) is 5.60 Å². The molecule has 5 N–H and O–H groups in total. The molecule has 2 heterocycles. The van der Waals surface area contributed by atoms with E-state index in [-0.39, 0.29) is 11.5 Å². The summed E-state index contributed by atoms with van der Waals surface area (Å²) < 4.78 is 12.0. The number of fused-ring (bicyclic) bond motifs is 4. The average Bonchev–Trinajstić information content (AvgIpc) is 2.51. The molecule has 2 aliphatic rings. The minimum atomic E-state index is -0.945. The first kappa shape index (κ1) is 15.7. The highest BCUT2D eigenvalue weighted by Crippen LogP contribution is 2.54. The largest absolute Gasteiger partial charge is 0.508 e. The van der Waals surface area contributed by atoms with Crippen molar-refractivity contribution in [1.29, 1.82) is 0 Å². The van der Waals surface area contributed by atoms with Crippen LogP contribution in [0.3, 0.4) is 0 Å². The summed E-state index contributed by atoms with van der Waals surface area (Å²) in [5.41, 5.74) is 0.393. The number of phenols is 5. The highest BCUT2D eigenvalue weighted by molar-refractivity contribution is 5.61. The standard InChI is InChI=1S/C18H18O7/c1-18(2)14-9(5-11(21)15(22)16(14)23)17-13(25-18)6-8-10(20)3-7(19)4-12(8)24-17/h3-5,13,17,19-23H,6H2,1-2H3/t13-,17+/m0/s1. The van der Waals surface area contributed by atoms with Crippen molar-refractivity contribution in [3.63, 3.8) is 0 Å². The SMILES string of the molecule is CC1(C)O[C@H]2Cc3c(O)cc(O)cc3O[C@@H]2c2cc(O)c(O)c(O)c21. The van der Waals surface area contributed by atoms with Gasteiger partial charge in [0.1, 0.15) is 23.4 Å². The Labute approximate surface area is 143 Å². The molecule has 132 valence electrons. The second-order valence-corrected chi connectivity index (χ2v) is 6.91. The molecule has 0 aliphatic carbocycles. The number of phenolic OH excluding ortho intramolecular Hbond substituents is 5. The van der Waals surface area contributed by atoms with Crippen LogP contribution in [0.1, 0.15) is 36.6 Å². The molecule has 0 saturated carbocycles. The van der Waals surface area contributed by atoms with E-state index in [1.54, 1.807) is 13.8 Å². The van der Waals surface area contributed by atoms with Gasteiger partial charge in [0.25, 0.3) is 0 Å². The molecule has 0 fully saturated rings. The Bertz CT molecular complexity index is 888. The predicted octanol–water partition coefficient (Wildman–Crippen LogP) is 2.52. The van der Waals surface area contributed by atoms with Crippen molar-refractivity contribution in [3.05, 3.63) is 34.9 Å². The normalized spacial score (nSPS) is 23.1. The molecule has 0 amide bonds. The monoisotopic (exact) mass is 346 g/mol. The number of hydrogen-bond donors (Lipinski definition) is 5. The van der Waals surface area contributed by atoms with Crippen LogP contribution in [-0.2, 0) is 16.8 Å². The third-order valence-corrected chi connectivity index (χ3v) is 4.81. The molecule has 7 nitrogen and oxygen atoms in total. The first-order chi connectivity index (χ1) is 11.7. The summed E-state index contributed by atoms with van der Waals surface area (Å²) in [6.45, 7) is 3.48. The summed E-state index contributed by atoms with van der Waals surface area (Å²) in [5.74, 6) is -1.44. The van der Waals surface area contributed by atoms with E-state index < -0.39 is 35.1 Å². The van der Waals surface area contributed by atoms with E-state index in [2.05, 4.69) is 0 Å². The Balaban J connectivity index is 1.91. The Morgan fingerprint density at radius 2 is 1.68 bits per heavy atom. The van der Waals surface area contributed by atoms with Crippen molar-refractivity contribution < 1.29 is 35.0 Å². The minimum absolute atomic E-state index is 0.0861. The van der Waals surface area contributed by atoms with Crippen molar-refractivity contribution >= 4 is 0 Å². The van der Waals surface area contributed by atoms with Crippen molar-refractivity contribution in [2.24, 2.45) is 0 Å². The average molecular weight is 346 g/mol. The molecule has 2 aliphatic heterocycles. The van der Waals surface area contributed by atoms with Crippen LogP contribution in [0.4, 0.5) is 0 Å². The number of rotatable bonds is 0. The molecule has 0 bridgehead atoms. The van der Waals surface area contributed by atoms with Crippen LogP contribution in [0.25, 0.3) is 0 Å². The van der Waals surface area contributed by atoms with Gasteiger partial charge >= 0.3 is 0 Å². The molecule has 2 aromatic carbocycles. The van der Waals surface area contributed by atoms with Gasteiger partial charge in [-0.05, 0) is 19.9 Å². The summed E-state index contributed by atoms with van der Waals surface area (Å²) in [6.07, 6.45) is -0.819. The maximum Gasteiger partial charge on any atom is 0.200 e. The Morgan fingerprint density at radius 3 is 2.40 bits per heavy atom. The van der Waals surface area contributed by atoms with Gasteiger partial charge in [-0.1, -0.05) is 0 Å². The van der Waals surface area contributed by atoms with E-state index in [1.807, 2.05) is 0 Å². The molecule has 7 heteroatoms. The van der Waals surface area contributed by atoms with Gasteiger partial charge in [0, 0.05) is 35.2 Å². The summed E-state index contributed by atoms with van der Waals surface area (Å²) in [6, 6.07) is 3.98. The molecule has 0 saturated heterocycles. The number of ether oxygens (including phenoxy) is 2. The van der Waals surface area contributed by atoms with Crippen LogP contribution in [0, 0.1) is 0 Å². The predicted molar refractivity (Wildman–Crippen MR) is 86.2 cm³/mol. The van der Waals surface area contributed by atoms with E-state index in [4.69, 9.17) is 9.47 Å². The molecular formula is C18H18O7. The lowest BCUT2D eigenvalue weighted by Gasteiger charge is -2.45. The van der Waals surface area contributed by atoms with Crippen LogP contribution in [0.15, 0.2) is 18.2 Å². The van der Waals surface area contributed by atoms with Crippen molar-refractivity contribution in [2.75, 3.05) is 0 Å². The Hall–Kier alpha value is -2.80. The second-order valence-electron chi connectivity index (χ2n) is 6.91. The zero-order valence-electron chi connectivity index (χ0n) is 13.6. The lowest BCUT2D eigenvalue weighted by molar-refractivity contribution is -0.141. The van der Waals surface area contributed by atoms with E-state index >= 15 is 0 Å². The van der Waals surface area contributed by atoms with E-state index in [9.17, 15) is 25.5 Å². The van der Waals surface area contributed by atoms with Gasteiger partial charge < -0.3 is 35.0 Å². The quantitative estimate of drug-likeness (QED) is 0.465. The fourth-order valence-corrected chi connectivity index (χ4v) is 3.77. The summed E-state index contributed by atoms with van der Waals surface area (Å²) in [4.78, 5) is 0. The third kappa shape index (κ3) is 2.16. The molecule has 0 aromatic heterocycles. The van der Waals surface area contributed by atoms with Crippen molar-refractivity contribution in [2.45, 2.75) is 38.1 Å². The molecule has 0 radical (unpaired) electrons. The molecule has 0 spiro atoms. The van der Waals surface area contributed by atoms with Crippen molar-refractivity contribution in [3.8, 4) is 34.5 Å². The summed E-state index contributed by atoms with van der Waals surface area (Å²) >= 11 is 0. The zero-order chi connectivity index (χ0) is 18.1. The molecule has 25 heavy (non-hydrogen) atoms. The number of aromatic hydroxyl groups is 5. The van der Waals surface area contributed by atoms with Gasteiger partial charge in [-0.2, -0.15) is 0 Å². The minimum Gasteiger partial charge on any atom is -0.508 e. The van der Waals surface area contributed by atoms with Gasteiger partial charge in [0.15, 0.2) is 17.6 Å². The number of benzene rings is 2. The smallest absolute Gasteiger partial charge is 0.200 e. The molecular weight excluding hydrogens is 328 g/mol. The van der Waals surface area contributed by atoms with E-state index in [0.717, 1.165) is 0 Å². The van der Waals surface area contributed by atoms with Crippen LogP contribution in [0.2, 0.25) is 0 Å². The van der Waals surface area contributed by atoms with Gasteiger partial charge in [0.2, 0.25) is 5.75 Å². The molecule has 4 rings (SSSR count). The first-order valence-corrected chi connectivity index (χ1v) is 7.86. The van der Waals surface area contributed by atoms with Gasteiger partial charge in [-0.25, -0.2) is 0 Å². The van der Waals surface area contributed by atoms with Crippen LogP contribution in [-0.4, -0.2) is 31.6 Å². The van der Waals surface area contributed by atoms with Crippen LogP contribution in [0.5, 0.6) is 34.5 Å². The van der Waals surface area contributed by atoms with E-state index in [1.165, 1.54) is 18.2 Å². The highest BCUT2D eigenvalue weighted by Gasteiger charge is 2.47. The molecule has 2 atom stereocenters. The van der Waals surface area contributed by atoms with Crippen LogP contribution >= 0.6 is 0 Å². The molecule has 0 unspecified atom stereocenters. The molecule has 2 aromatic rings. The Kier molecular flexibility index (Phi) is 3.05. The number of hydrogen-bond acceptors (Lipinski definition) is 7. The fraction of sp³-hybridized carbons (Fsp3) is 0.333. The summed E-state index contributed by atoms with van der Waals surface area (Å²) in [7, 11) is 0. The topological polar surface area (TPSA) is 120 Å².